The van der Waals surface area contributed by atoms with Gasteiger partial charge in [-0.15, -0.1) is 0 Å². The molecule has 0 radical (unpaired) electrons. The molecule has 0 atom stereocenters. The largest absolute Gasteiger partial charge is 0.298 e. The number of hydrogen-bond donors (Lipinski definition) is 0. The lowest BCUT2D eigenvalue weighted by Crippen LogP contribution is -2.04. The number of carbonyl (C=O) groups is 1. The van der Waals surface area contributed by atoms with Gasteiger partial charge >= 0.3 is 0 Å². The maximum atomic E-state index is 13.3. The lowest BCUT2D eigenvalue weighted by Gasteiger charge is -2.09. The van der Waals surface area contributed by atoms with Crippen molar-refractivity contribution in [3.63, 3.8) is 0 Å². The smallest absolute Gasteiger partial charge is 0.153 e. The molecule has 0 aliphatic rings. The summed E-state index contributed by atoms with van der Waals surface area (Å²) in [5.74, 6) is -0.281. The summed E-state index contributed by atoms with van der Waals surface area (Å²) in [6.07, 6.45) is 2.33. The second-order valence-electron chi connectivity index (χ2n) is 4.72. The molecule has 0 aliphatic carbocycles. The molecule has 0 saturated heterocycles. The second kappa shape index (κ2) is 5.71. The van der Waals surface area contributed by atoms with E-state index in [0.29, 0.717) is 12.1 Å². The lowest BCUT2D eigenvalue weighted by molar-refractivity contribution is 0.112. The van der Waals surface area contributed by atoms with Crippen molar-refractivity contribution >= 4 is 6.29 Å². The van der Waals surface area contributed by atoms with Gasteiger partial charge in [-0.2, -0.15) is 5.10 Å². The molecule has 1 heterocycles. The van der Waals surface area contributed by atoms with Crippen LogP contribution in [0.4, 0.5) is 4.39 Å². The van der Waals surface area contributed by atoms with Crippen LogP contribution in [-0.2, 0) is 6.54 Å². The Balaban J connectivity index is 2.04. The van der Waals surface area contributed by atoms with Gasteiger partial charge in [0.1, 0.15) is 5.82 Å². The average molecular weight is 280 g/mol. The fourth-order valence-electron chi connectivity index (χ4n) is 2.33. The highest BCUT2D eigenvalue weighted by molar-refractivity contribution is 5.85. The molecule has 3 rings (SSSR count). The molecule has 3 nitrogen and oxygen atoms in total. The van der Waals surface area contributed by atoms with Crippen LogP contribution >= 0.6 is 0 Å². The summed E-state index contributed by atoms with van der Waals surface area (Å²) in [7, 11) is 0. The van der Waals surface area contributed by atoms with E-state index in [1.54, 1.807) is 10.7 Å². The third-order valence-electron chi connectivity index (χ3n) is 3.26. The van der Waals surface area contributed by atoms with Crippen molar-refractivity contribution in [2.24, 2.45) is 0 Å². The topological polar surface area (TPSA) is 34.9 Å². The standard InChI is InChI=1S/C17H13FN2O/c18-16-8-4-5-13(9-16)11-20-17(15(12-21)10-19-20)14-6-2-1-3-7-14/h1-10,12H,11H2. The van der Waals surface area contributed by atoms with Gasteiger partial charge in [-0.1, -0.05) is 42.5 Å². The van der Waals surface area contributed by atoms with Crippen molar-refractivity contribution in [2.45, 2.75) is 6.54 Å². The monoisotopic (exact) mass is 280 g/mol. The predicted molar refractivity (Wildman–Crippen MR) is 78.6 cm³/mol. The van der Waals surface area contributed by atoms with Gasteiger partial charge < -0.3 is 0 Å². The summed E-state index contributed by atoms with van der Waals surface area (Å²) in [6.45, 7) is 0.413. The van der Waals surface area contributed by atoms with Crippen molar-refractivity contribution in [3.8, 4) is 11.3 Å². The zero-order valence-electron chi connectivity index (χ0n) is 11.2. The fourth-order valence-corrected chi connectivity index (χ4v) is 2.33. The lowest BCUT2D eigenvalue weighted by atomic mass is 10.1. The van der Waals surface area contributed by atoms with Crippen molar-refractivity contribution < 1.29 is 9.18 Å². The third kappa shape index (κ3) is 2.74. The van der Waals surface area contributed by atoms with Gasteiger partial charge in [0.15, 0.2) is 6.29 Å². The molecule has 0 saturated carbocycles. The Bertz CT molecular complexity index is 765. The molecule has 0 bridgehead atoms. The normalized spacial score (nSPS) is 10.5. The number of carbonyl (C=O) groups excluding carboxylic acids is 1. The Morgan fingerprint density at radius 2 is 1.90 bits per heavy atom. The van der Waals surface area contributed by atoms with Crippen LogP contribution in [0.25, 0.3) is 11.3 Å². The van der Waals surface area contributed by atoms with Crippen molar-refractivity contribution in [1.29, 1.82) is 0 Å². The van der Waals surface area contributed by atoms with Crippen molar-refractivity contribution in [2.75, 3.05) is 0 Å². The van der Waals surface area contributed by atoms with Crippen LogP contribution < -0.4 is 0 Å². The molecule has 104 valence electrons. The molecule has 21 heavy (non-hydrogen) atoms. The van der Waals surface area contributed by atoms with E-state index < -0.39 is 0 Å². The van der Waals surface area contributed by atoms with Crippen LogP contribution in [0.1, 0.15) is 15.9 Å². The molecule has 0 aliphatic heterocycles. The zero-order valence-corrected chi connectivity index (χ0v) is 11.2. The molecular weight excluding hydrogens is 267 g/mol. The number of nitrogens with zero attached hydrogens (tertiary/aromatic N) is 2. The number of rotatable bonds is 4. The molecule has 2 aromatic carbocycles. The van der Waals surface area contributed by atoms with E-state index in [9.17, 15) is 9.18 Å². The molecule has 0 N–H and O–H groups in total. The first-order chi connectivity index (χ1) is 10.3. The number of hydrogen-bond acceptors (Lipinski definition) is 2. The van der Waals surface area contributed by atoms with Gasteiger partial charge in [-0.25, -0.2) is 4.39 Å². The first-order valence-electron chi connectivity index (χ1n) is 6.59. The molecule has 1 aromatic heterocycles. The summed E-state index contributed by atoms with van der Waals surface area (Å²) in [4.78, 5) is 11.2. The fraction of sp³-hybridized carbons (Fsp3) is 0.0588. The van der Waals surface area contributed by atoms with Crippen molar-refractivity contribution in [3.05, 3.63) is 77.7 Å². The van der Waals surface area contributed by atoms with Crippen LogP contribution in [-0.4, -0.2) is 16.1 Å². The van der Waals surface area contributed by atoms with E-state index in [1.165, 1.54) is 18.3 Å². The minimum atomic E-state index is -0.281. The molecule has 4 heteroatoms. The highest BCUT2D eigenvalue weighted by atomic mass is 19.1. The Hall–Kier alpha value is -2.75. The summed E-state index contributed by atoms with van der Waals surface area (Å²) in [5, 5.41) is 4.25. The summed E-state index contributed by atoms with van der Waals surface area (Å²) >= 11 is 0. The van der Waals surface area contributed by atoms with E-state index >= 15 is 0 Å². The molecule has 0 unspecified atom stereocenters. The van der Waals surface area contributed by atoms with Crippen LogP contribution in [0.5, 0.6) is 0 Å². The quantitative estimate of drug-likeness (QED) is 0.685. The van der Waals surface area contributed by atoms with Gasteiger partial charge in [0.25, 0.3) is 0 Å². The van der Waals surface area contributed by atoms with E-state index in [1.807, 2.05) is 36.4 Å². The van der Waals surface area contributed by atoms with Crippen LogP contribution in [0.3, 0.4) is 0 Å². The molecule has 0 fully saturated rings. The Labute approximate surface area is 121 Å². The third-order valence-corrected chi connectivity index (χ3v) is 3.26. The van der Waals surface area contributed by atoms with E-state index in [-0.39, 0.29) is 5.82 Å². The minimum Gasteiger partial charge on any atom is -0.298 e. The second-order valence-corrected chi connectivity index (χ2v) is 4.72. The Kier molecular flexibility index (Phi) is 3.60. The Morgan fingerprint density at radius 3 is 2.62 bits per heavy atom. The number of aldehydes is 1. The highest BCUT2D eigenvalue weighted by Gasteiger charge is 2.12. The summed E-state index contributed by atoms with van der Waals surface area (Å²) < 4.78 is 15.0. The van der Waals surface area contributed by atoms with Gasteiger partial charge in [0.05, 0.1) is 24.0 Å². The first kappa shape index (κ1) is 13.2. The van der Waals surface area contributed by atoms with Crippen LogP contribution in [0.15, 0.2) is 60.8 Å². The molecule has 0 amide bonds. The molecular formula is C17H13FN2O. The van der Waals surface area contributed by atoms with Crippen LogP contribution in [0.2, 0.25) is 0 Å². The molecule has 0 spiro atoms. The number of aromatic nitrogens is 2. The maximum absolute atomic E-state index is 13.3. The van der Waals surface area contributed by atoms with E-state index in [0.717, 1.165) is 23.1 Å². The first-order valence-corrected chi connectivity index (χ1v) is 6.59. The van der Waals surface area contributed by atoms with E-state index in [2.05, 4.69) is 5.10 Å². The van der Waals surface area contributed by atoms with Gasteiger partial charge in [0, 0.05) is 5.56 Å². The summed E-state index contributed by atoms with van der Waals surface area (Å²) in [6, 6.07) is 15.9. The average Bonchev–Trinajstić information content (AvgIpc) is 2.91. The van der Waals surface area contributed by atoms with E-state index in [4.69, 9.17) is 0 Å². The summed E-state index contributed by atoms with van der Waals surface area (Å²) in [5.41, 5.74) is 2.98. The van der Waals surface area contributed by atoms with Gasteiger partial charge in [-0.3, -0.25) is 9.48 Å². The minimum absolute atomic E-state index is 0.281. The maximum Gasteiger partial charge on any atom is 0.153 e. The number of halogens is 1. The van der Waals surface area contributed by atoms with Gasteiger partial charge in [0.2, 0.25) is 0 Å². The van der Waals surface area contributed by atoms with Crippen molar-refractivity contribution in [1.82, 2.24) is 9.78 Å². The highest BCUT2D eigenvalue weighted by Crippen LogP contribution is 2.23. The predicted octanol–water partition coefficient (Wildman–Crippen LogP) is 3.55. The van der Waals surface area contributed by atoms with Crippen LogP contribution in [0, 0.1) is 5.82 Å². The zero-order chi connectivity index (χ0) is 14.7. The SMILES string of the molecule is O=Cc1cnn(Cc2cccc(F)c2)c1-c1ccccc1. The molecule has 3 aromatic rings. The van der Waals surface area contributed by atoms with Gasteiger partial charge in [-0.05, 0) is 17.7 Å². The number of benzene rings is 2. The Morgan fingerprint density at radius 1 is 1.10 bits per heavy atom.